The number of hydrogen-bond acceptors (Lipinski definition) is 7. The molecule has 9 nitrogen and oxygen atoms in total. The lowest BCUT2D eigenvalue weighted by Gasteiger charge is -2.16. The summed E-state index contributed by atoms with van der Waals surface area (Å²) < 4.78 is 6.70. The number of imidazole rings is 1. The topological polar surface area (TPSA) is 133 Å². The molecule has 1 aliphatic heterocycles. The van der Waals surface area contributed by atoms with Gasteiger partial charge in [-0.25, -0.2) is 9.97 Å². The Kier molecular flexibility index (Phi) is 2.82. The molecule has 0 spiro atoms. The van der Waals surface area contributed by atoms with Crippen LogP contribution in [0.5, 0.6) is 0 Å². The molecule has 0 aliphatic carbocycles. The van der Waals surface area contributed by atoms with Gasteiger partial charge < -0.3 is 25.0 Å². The predicted octanol–water partition coefficient (Wildman–Crippen LogP) is -2.27. The summed E-state index contributed by atoms with van der Waals surface area (Å²) >= 11 is 0. The number of aliphatic hydroxyl groups is 3. The quantitative estimate of drug-likeness (QED) is 0.482. The van der Waals surface area contributed by atoms with Crippen molar-refractivity contribution in [1.82, 2.24) is 19.5 Å². The Morgan fingerprint density at radius 1 is 1.37 bits per heavy atom. The lowest BCUT2D eigenvalue weighted by Crippen LogP contribution is -2.33. The van der Waals surface area contributed by atoms with Crippen molar-refractivity contribution in [3.63, 3.8) is 0 Å². The molecule has 0 unspecified atom stereocenters. The Morgan fingerprint density at radius 2 is 2.16 bits per heavy atom. The number of nitrogens with one attached hydrogen (secondary N) is 1. The minimum Gasteiger partial charge on any atom is -0.394 e. The third-order valence-electron chi connectivity index (χ3n) is 3.16. The van der Waals surface area contributed by atoms with Gasteiger partial charge in [0.05, 0.1) is 19.3 Å². The SMILES string of the molecule is O=c1[nH]cnc2c1ncn2[C@H]1O[C@H](CO)[C@H](O)[C@H]1O. The summed E-state index contributed by atoms with van der Waals surface area (Å²) in [6.07, 6.45) is -1.78. The number of aromatic amines is 1. The van der Waals surface area contributed by atoms with Crippen LogP contribution >= 0.6 is 0 Å². The molecule has 9 heteroatoms. The largest absolute Gasteiger partial charge is 0.394 e. The molecule has 4 atom stereocenters. The van der Waals surface area contributed by atoms with Gasteiger partial charge in [0.1, 0.15) is 18.3 Å². The monoisotopic (exact) mass is 268 g/mol. The maximum absolute atomic E-state index is 11.5. The molecular formula is C10H12N4O5. The Balaban J connectivity index is 2.06. The second kappa shape index (κ2) is 4.38. The van der Waals surface area contributed by atoms with Crippen LogP contribution in [-0.2, 0) is 4.74 Å². The first-order valence-electron chi connectivity index (χ1n) is 5.66. The van der Waals surface area contributed by atoms with Gasteiger partial charge in [0.2, 0.25) is 0 Å². The maximum atomic E-state index is 11.5. The molecule has 0 radical (unpaired) electrons. The number of aliphatic hydroxyl groups excluding tert-OH is 3. The summed E-state index contributed by atoms with van der Waals surface area (Å²) in [6, 6.07) is 0. The number of ether oxygens (including phenoxy) is 1. The summed E-state index contributed by atoms with van der Waals surface area (Å²) in [5.41, 5.74) is -0.0608. The molecule has 1 aliphatic rings. The van der Waals surface area contributed by atoms with Crippen molar-refractivity contribution in [3.8, 4) is 0 Å². The molecule has 0 amide bonds. The number of H-pyrrole nitrogens is 1. The van der Waals surface area contributed by atoms with Gasteiger partial charge >= 0.3 is 0 Å². The van der Waals surface area contributed by atoms with Gasteiger partial charge in [-0.1, -0.05) is 0 Å². The number of nitrogens with zero attached hydrogens (tertiary/aromatic N) is 3. The molecule has 3 rings (SSSR count). The van der Waals surface area contributed by atoms with E-state index in [1.54, 1.807) is 0 Å². The fourth-order valence-corrected chi connectivity index (χ4v) is 2.16. The Bertz CT molecular complexity index is 653. The summed E-state index contributed by atoms with van der Waals surface area (Å²) in [4.78, 5) is 21.8. The highest BCUT2D eigenvalue weighted by molar-refractivity contribution is 5.68. The molecule has 3 heterocycles. The van der Waals surface area contributed by atoms with Crippen LogP contribution in [0.2, 0.25) is 0 Å². The van der Waals surface area contributed by atoms with Crippen molar-refractivity contribution in [3.05, 3.63) is 23.0 Å². The van der Waals surface area contributed by atoms with E-state index in [4.69, 9.17) is 9.84 Å². The van der Waals surface area contributed by atoms with Gasteiger partial charge in [0.25, 0.3) is 5.56 Å². The highest BCUT2D eigenvalue weighted by Gasteiger charge is 2.43. The van der Waals surface area contributed by atoms with Crippen LogP contribution in [0.15, 0.2) is 17.4 Å². The summed E-state index contributed by atoms with van der Waals surface area (Å²) in [5.74, 6) is 0. The van der Waals surface area contributed by atoms with Crippen molar-refractivity contribution < 1.29 is 20.1 Å². The minimum absolute atomic E-state index is 0.111. The van der Waals surface area contributed by atoms with Crippen molar-refractivity contribution in [2.45, 2.75) is 24.5 Å². The molecule has 1 saturated heterocycles. The Labute approximate surface area is 106 Å². The Hall–Kier alpha value is -1.81. The molecule has 0 bridgehead atoms. The number of hydrogen-bond donors (Lipinski definition) is 4. The van der Waals surface area contributed by atoms with E-state index in [2.05, 4.69) is 15.0 Å². The van der Waals surface area contributed by atoms with Crippen LogP contribution in [0, 0.1) is 0 Å². The fourth-order valence-electron chi connectivity index (χ4n) is 2.16. The minimum atomic E-state index is -1.24. The van der Waals surface area contributed by atoms with Gasteiger partial charge in [-0.05, 0) is 0 Å². The molecule has 2 aromatic heterocycles. The average Bonchev–Trinajstić information content (AvgIpc) is 2.94. The second-order valence-corrected chi connectivity index (χ2v) is 4.28. The van der Waals surface area contributed by atoms with E-state index >= 15 is 0 Å². The Morgan fingerprint density at radius 3 is 2.84 bits per heavy atom. The van der Waals surface area contributed by atoms with Crippen molar-refractivity contribution in [2.24, 2.45) is 0 Å². The molecule has 0 aromatic carbocycles. The van der Waals surface area contributed by atoms with Crippen LogP contribution in [0.4, 0.5) is 0 Å². The van der Waals surface area contributed by atoms with Crippen LogP contribution < -0.4 is 5.56 Å². The third-order valence-corrected chi connectivity index (χ3v) is 3.16. The second-order valence-electron chi connectivity index (χ2n) is 4.28. The molecular weight excluding hydrogens is 256 g/mol. The van der Waals surface area contributed by atoms with Crippen molar-refractivity contribution in [2.75, 3.05) is 6.61 Å². The summed E-state index contributed by atoms with van der Waals surface area (Å²) in [6.45, 7) is -0.421. The zero-order valence-electron chi connectivity index (χ0n) is 9.67. The first-order valence-corrected chi connectivity index (χ1v) is 5.66. The van der Waals surface area contributed by atoms with Crippen molar-refractivity contribution >= 4 is 11.2 Å². The predicted molar refractivity (Wildman–Crippen MR) is 61.2 cm³/mol. The van der Waals surface area contributed by atoms with Gasteiger partial charge in [0, 0.05) is 0 Å². The zero-order valence-corrected chi connectivity index (χ0v) is 9.67. The van der Waals surface area contributed by atoms with Crippen LogP contribution in [0.1, 0.15) is 6.23 Å². The first kappa shape index (κ1) is 12.2. The molecule has 102 valence electrons. The van der Waals surface area contributed by atoms with E-state index in [1.165, 1.54) is 17.2 Å². The van der Waals surface area contributed by atoms with E-state index in [1.807, 2.05) is 0 Å². The summed E-state index contributed by atoms with van der Waals surface area (Å²) in [7, 11) is 0. The standard InChI is InChI=1S/C10H12N4O5/c15-1-4-6(16)7(17)10(19-4)14-3-13-5-8(14)11-2-12-9(5)18/h2-4,6-7,10,15-17H,1H2,(H,11,12,18)/t4-,6+,7-,10+/m1/s1. The van der Waals surface area contributed by atoms with Crippen LogP contribution in [0.25, 0.3) is 11.2 Å². The van der Waals surface area contributed by atoms with Gasteiger partial charge in [-0.2, -0.15) is 0 Å². The van der Waals surface area contributed by atoms with E-state index in [9.17, 15) is 15.0 Å². The van der Waals surface area contributed by atoms with E-state index in [-0.39, 0.29) is 11.2 Å². The highest BCUT2D eigenvalue weighted by Crippen LogP contribution is 2.30. The highest BCUT2D eigenvalue weighted by atomic mass is 16.6. The fraction of sp³-hybridized carbons (Fsp3) is 0.500. The zero-order chi connectivity index (χ0) is 13.6. The smallest absolute Gasteiger partial charge is 0.278 e. The number of rotatable bonds is 2. The summed E-state index contributed by atoms with van der Waals surface area (Å²) in [5, 5.41) is 28.6. The van der Waals surface area contributed by atoms with Gasteiger partial charge in [0.15, 0.2) is 17.4 Å². The third kappa shape index (κ3) is 1.75. The molecule has 1 fully saturated rings. The lowest BCUT2D eigenvalue weighted by atomic mass is 10.1. The van der Waals surface area contributed by atoms with Gasteiger partial charge in [-0.15, -0.1) is 0 Å². The normalized spacial score (nSPS) is 31.1. The van der Waals surface area contributed by atoms with E-state index in [0.29, 0.717) is 0 Å². The maximum Gasteiger partial charge on any atom is 0.278 e. The van der Waals surface area contributed by atoms with E-state index in [0.717, 1.165) is 0 Å². The molecule has 0 saturated carbocycles. The molecule has 2 aromatic rings. The van der Waals surface area contributed by atoms with Crippen molar-refractivity contribution in [1.29, 1.82) is 0 Å². The first-order chi connectivity index (χ1) is 9.13. The molecule has 19 heavy (non-hydrogen) atoms. The lowest BCUT2D eigenvalue weighted by molar-refractivity contribution is -0.0511. The average molecular weight is 268 g/mol. The number of aromatic nitrogens is 4. The van der Waals surface area contributed by atoms with Gasteiger partial charge in [-0.3, -0.25) is 9.36 Å². The van der Waals surface area contributed by atoms with Crippen LogP contribution in [-0.4, -0.2) is 59.8 Å². The number of fused-ring (bicyclic) bond motifs is 1. The van der Waals surface area contributed by atoms with Crippen LogP contribution in [0.3, 0.4) is 0 Å². The molecule has 4 N–H and O–H groups in total. The van der Waals surface area contributed by atoms with E-state index < -0.39 is 36.7 Å².